The number of nitrogens with zero attached hydrogens (tertiary/aromatic N) is 1. The van der Waals surface area contributed by atoms with Gasteiger partial charge in [0.25, 0.3) is 0 Å². The van der Waals surface area contributed by atoms with E-state index in [9.17, 15) is 15.3 Å². The molecule has 0 saturated heterocycles. The van der Waals surface area contributed by atoms with Gasteiger partial charge in [0.1, 0.15) is 22.3 Å². The van der Waals surface area contributed by atoms with Crippen molar-refractivity contribution in [3.63, 3.8) is 0 Å². The highest BCUT2D eigenvalue weighted by molar-refractivity contribution is 6.35. The molecule has 0 bridgehead atoms. The number of benzene rings is 2. The third-order valence-corrected chi connectivity index (χ3v) is 4.10. The van der Waals surface area contributed by atoms with Crippen LogP contribution in [0.3, 0.4) is 0 Å². The number of rotatable bonds is 0. The Morgan fingerprint density at radius 1 is 1.00 bits per heavy atom. The molecule has 3 N–H and O–H groups in total. The lowest BCUT2D eigenvalue weighted by atomic mass is 9.82. The van der Waals surface area contributed by atoms with Crippen molar-refractivity contribution in [1.82, 2.24) is 0 Å². The van der Waals surface area contributed by atoms with Crippen LogP contribution < -0.4 is 0 Å². The average molecular weight is 304 g/mol. The van der Waals surface area contributed by atoms with Gasteiger partial charge in [-0.3, -0.25) is 4.99 Å². The Kier molecular flexibility index (Phi) is 3.06. The van der Waals surface area contributed by atoms with Crippen molar-refractivity contribution < 1.29 is 15.3 Å². The van der Waals surface area contributed by atoms with E-state index in [1.54, 1.807) is 13.1 Å². The molecule has 108 valence electrons. The van der Waals surface area contributed by atoms with Crippen LogP contribution >= 0.6 is 11.6 Å². The second-order valence-electron chi connectivity index (χ2n) is 5.16. The predicted molar refractivity (Wildman–Crippen MR) is 82.0 cm³/mol. The number of phenols is 3. The molecule has 0 atom stereocenters. The van der Waals surface area contributed by atoms with Gasteiger partial charge >= 0.3 is 0 Å². The molecular formula is C16H14ClNO3. The molecule has 2 aromatic carbocycles. The van der Waals surface area contributed by atoms with E-state index in [-0.39, 0.29) is 22.3 Å². The lowest BCUT2D eigenvalue weighted by molar-refractivity contribution is 0.449. The summed E-state index contributed by atoms with van der Waals surface area (Å²) < 4.78 is 0. The zero-order chi connectivity index (χ0) is 15.3. The number of phenolic OH excluding ortho intramolecular Hbond substituents is 3. The molecule has 2 aromatic rings. The van der Waals surface area contributed by atoms with Crippen molar-refractivity contribution in [2.45, 2.75) is 13.3 Å². The van der Waals surface area contributed by atoms with Crippen LogP contribution in [0.5, 0.6) is 17.2 Å². The summed E-state index contributed by atoms with van der Waals surface area (Å²) in [4.78, 5) is 4.21. The fraction of sp³-hybridized carbons (Fsp3) is 0.188. The first-order chi connectivity index (χ1) is 9.93. The van der Waals surface area contributed by atoms with Crippen LogP contribution in [0.1, 0.15) is 27.8 Å². The third kappa shape index (κ3) is 1.94. The van der Waals surface area contributed by atoms with Gasteiger partial charge < -0.3 is 15.3 Å². The first-order valence-corrected chi connectivity index (χ1v) is 6.85. The highest BCUT2D eigenvalue weighted by Crippen LogP contribution is 2.44. The fourth-order valence-electron chi connectivity index (χ4n) is 2.89. The third-order valence-electron chi connectivity index (χ3n) is 3.72. The Hall–Kier alpha value is -2.20. The van der Waals surface area contributed by atoms with Gasteiger partial charge in [0.05, 0.1) is 5.71 Å². The Morgan fingerprint density at radius 2 is 1.67 bits per heavy atom. The summed E-state index contributed by atoms with van der Waals surface area (Å²) in [7, 11) is 1.59. The van der Waals surface area contributed by atoms with Crippen molar-refractivity contribution in [3.05, 3.63) is 51.0 Å². The molecule has 4 nitrogen and oxygen atoms in total. The van der Waals surface area contributed by atoms with E-state index < -0.39 is 0 Å². The van der Waals surface area contributed by atoms with Crippen molar-refractivity contribution >= 4 is 17.3 Å². The second-order valence-corrected chi connectivity index (χ2v) is 5.54. The van der Waals surface area contributed by atoms with E-state index >= 15 is 0 Å². The van der Waals surface area contributed by atoms with E-state index in [0.717, 1.165) is 16.7 Å². The number of aryl methyl sites for hydroxylation is 1. The summed E-state index contributed by atoms with van der Waals surface area (Å²) in [6, 6.07) is 5.16. The molecule has 0 heterocycles. The molecule has 0 aliphatic heterocycles. The van der Waals surface area contributed by atoms with Crippen LogP contribution in [0, 0.1) is 6.92 Å². The zero-order valence-electron chi connectivity index (χ0n) is 11.6. The van der Waals surface area contributed by atoms with Gasteiger partial charge in [-0.15, -0.1) is 0 Å². The minimum absolute atomic E-state index is 0.107. The summed E-state index contributed by atoms with van der Waals surface area (Å²) >= 11 is 5.91. The lowest BCUT2D eigenvalue weighted by Crippen LogP contribution is -2.17. The summed E-state index contributed by atoms with van der Waals surface area (Å²) in [6.45, 7) is 1.90. The van der Waals surface area contributed by atoms with E-state index in [0.29, 0.717) is 23.3 Å². The van der Waals surface area contributed by atoms with Crippen LogP contribution in [0.15, 0.2) is 23.2 Å². The summed E-state index contributed by atoms with van der Waals surface area (Å²) in [6.07, 6.45) is 0.483. The Morgan fingerprint density at radius 3 is 2.33 bits per heavy atom. The van der Waals surface area contributed by atoms with E-state index in [4.69, 9.17) is 11.6 Å². The maximum Gasteiger partial charge on any atom is 0.147 e. The molecule has 1 aliphatic carbocycles. The second kappa shape index (κ2) is 4.67. The quantitative estimate of drug-likeness (QED) is 0.597. The number of fused-ring (bicyclic) bond motifs is 2. The van der Waals surface area contributed by atoms with Gasteiger partial charge in [-0.1, -0.05) is 17.7 Å². The van der Waals surface area contributed by atoms with Crippen molar-refractivity contribution in [2.75, 3.05) is 7.05 Å². The van der Waals surface area contributed by atoms with Crippen LogP contribution in [-0.4, -0.2) is 28.1 Å². The first kappa shape index (κ1) is 13.8. The number of halogens is 1. The summed E-state index contributed by atoms with van der Waals surface area (Å²) in [5.41, 5.74) is 4.12. The summed E-state index contributed by atoms with van der Waals surface area (Å²) in [5.74, 6) is -0.249. The van der Waals surface area contributed by atoms with Gasteiger partial charge in [-0.05, 0) is 42.2 Å². The number of aromatic hydroxyl groups is 3. The SMILES string of the molecule is C/N=C1\c2c(O)cc(C)cc2Cc2cc(O)c(Cl)c(O)c21. The predicted octanol–water partition coefficient (Wildman–Crippen LogP) is 3.14. The monoisotopic (exact) mass is 303 g/mol. The average Bonchev–Trinajstić information content (AvgIpc) is 2.42. The number of hydrogen-bond donors (Lipinski definition) is 3. The Bertz CT molecular complexity index is 797. The Labute approximate surface area is 127 Å². The molecule has 0 aromatic heterocycles. The molecule has 0 saturated carbocycles. The standard InChI is InChI=1S/C16H14ClNO3/c1-7-3-8-5-9-6-11(20)14(17)16(21)13(9)15(18-2)12(8)10(19)4-7/h3-4,6,19-21H,5H2,1-2H3/b18-15+. The van der Waals surface area contributed by atoms with Gasteiger partial charge in [0.15, 0.2) is 0 Å². The van der Waals surface area contributed by atoms with Crippen LogP contribution in [-0.2, 0) is 6.42 Å². The number of hydrogen-bond acceptors (Lipinski definition) is 4. The Balaban J connectivity index is 2.36. The molecule has 1 aliphatic rings. The zero-order valence-corrected chi connectivity index (χ0v) is 12.4. The van der Waals surface area contributed by atoms with Crippen molar-refractivity contribution in [2.24, 2.45) is 4.99 Å². The molecule has 0 unspecified atom stereocenters. The van der Waals surface area contributed by atoms with Crippen molar-refractivity contribution in [1.29, 1.82) is 0 Å². The van der Waals surface area contributed by atoms with Gasteiger partial charge in [-0.2, -0.15) is 0 Å². The van der Waals surface area contributed by atoms with E-state index in [2.05, 4.69) is 4.99 Å². The van der Waals surface area contributed by atoms with Crippen molar-refractivity contribution in [3.8, 4) is 17.2 Å². The molecule has 0 radical (unpaired) electrons. The molecule has 21 heavy (non-hydrogen) atoms. The van der Waals surface area contributed by atoms with E-state index in [1.807, 2.05) is 13.0 Å². The topological polar surface area (TPSA) is 73.1 Å². The summed E-state index contributed by atoms with van der Waals surface area (Å²) in [5, 5.41) is 30.2. The smallest absolute Gasteiger partial charge is 0.147 e. The maximum atomic E-state index is 10.2. The lowest BCUT2D eigenvalue weighted by Gasteiger charge is -2.24. The van der Waals surface area contributed by atoms with Gasteiger partial charge in [-0.25, -0.2) is 0 Å². The van der Waals surface area contributed by atoms with Gasteiger partial charge in [0.2, 0.25) is 0 Å². The largest absolute Gasteiger partial charge is 0.507 e. The minimum Gasteiger partial charge on any atom is -0.507 e. The normalized spacial score (nSPS) is 14.9. The van der Waals surface area contributed by atoms with Gasteiger partial charge in [0, 0.05) is 18.2 Å². The maximum absolute atomic E-state index is 10.2. The highest BCUT2D eigenvalue weighted by Gasteiger charge is 2.29. The highest BCUT2D eigenvalue weighted by atomic mass is 35.5. The van der Waals surface area contributed by atoms with Crippen LogP contribution in [0.2, 0.25) is 5.02 Å². The molecule has 0 spiro atoms. The molecular weight excluding hydrogens is 290 g/mol. The molecule has 0 fully saturated rings. The number of aliphatic imine (C=N–C) groups is 1. The van der Waals surface area contributed by atoms with Crippen LogP contribution in [0.4, 0.5) is 0 Å². The molecule has 0 amide bonds. The minimum atomic E-state index is -0.210. The van der Waals surface area contributed by atoms with Crippen LogP contribution in [0.25, 0.3) is 0 Å². The first-order valence-electron chi connectivity index (χ1n) is 6.47. The van der Waals surface area contributed by atoms with E-state index in [1.165, 1.54) is 6.07 Å². The molecule has 3 rings (SSSR count). The fourth-order valence-corrected chi connectivity index (χ4v) is 3.04. The molecule has 5 heteroatoms.